The summed E-state index contributed by atoms with van der Waals surface area (Å²) in [6.45, 7) is 0. The lowest BCUT2D eigenvalue weighted by atomic mass is 10.0. The predicted octanol–water partition coefficient (Wildman–Crippen LogP) is 3.32. The summed E-state index contributed by atoms with van der Waals surface area (Å²) >= 11 is 0. The van der Waals surface area contributed by atoms with Gasteiger partial charge in [0.2, 0.25) is 0 Å². The van der Waals surface area contributed by atoms with Gasteiger partial charge in [-0.15, -0.1) is 0 Å². The fraction of sp³-hybridized carbons (Fsp3) is 0.353. The lowest BCUT2D eigenvalue weighted by Crippen LogP contribution is -2.07. The zero-order valence-corrected chi connectivity index (χ0v) is 13.7. The Morgan fingerprint density at radius 3 is 2.68 bits per heavy atom. The first-order chi connectivity index (χ1) is 12.1. The van der Waals surface area contributed by atoms with E-state index in [9.17, 15) is 8.78 Å². The van der Waals surface area contributed by atoms with E-state index in [1.165, 1.54) is 10.7 Å². The summed E-state index contributed by atoms with van der Waals surface area (Å²) in [7, 11) is 1.59. The number of hydrogen-bond donors (Lipinski definition) is 1. The number of nitrogens with zero attached hydrogens (tertiary/aromatic N) is 4. The maximum absolute atomic E-state index is 14.2. The minimum absolute atomic E-state index is 0.0820. The third kappa shape index (κ3) is 2.57. The van der Waals surface area contributed by atoms with Crippen molar-refractivity contribution in [2.45, 2.75) is 31.6 Å². The zero-order valence-electron chi connectivity index (χ0n) is 13.7. The van der Waals surface area contributed by atoms with Gasteiger partial charge in [0.15, 0.2) is 23.1 Å². The SMILES string of the molecule is COc1cc2ncc(-c3nc(N)c(F)cc3F)n2nc1C1CCCC1. The number of nitrogen functional groups attached to an aromatic ring is 1. The van der Waals surface area contributed by atoms with Gasteiger partial charge in [0, 0.05) is 18.1 Å². The van der Waals surface area contributed by atoms with E-state index in [0.29, 0.717) is 23.0 Å². The van der Waals surface area contributed by atoms with Gasteiger partial charge < -0.3 is 10.5 Å². The molecule has 0 atom stereocenters. The minimum Gasteiger partial charge on any atom is -0.495 e. The fourth-order valence-electron chi connectivity index (χ4n) is 3.38. The van der Waals surface area contributed by atoms with Crippen molar-refractivity contribution in [1.82, 2.24) is 19.6 Å². The molecule has 0 radical (unpaired) electrons. The van der Waals surface area contributed by atoms with Crippen LogP contribution in [-0.4, -0.2) is 26.7 Å². The molecular weight excluding hydrogens is 328 g/mol. The standard InChI is InChI=1S/C17H17F2N5O/c1-25-13-7-14-21-8-12(16-10(18)6-11(19)17(20)22-16)24(14)23-15(13)9-4-2-3-5-9/h6-9H,2-5H2,1H3,(H2,20,22). The summed E-state index contributed by atoms with van der Waals surface area (Å²) in [6, 6.07) is 2.49. The van der Waals surface area contributed by atoms with Crippen molar-refractivity contribution in [1.29, 1.82) is 0 Å². The molecule has 1 saturated carbocycles. The molecule has 8 heteroatoms. The number of anilines is 1. The van der Waals surface area contributed by atoms with E-state index in [2.05, 4.69) is 15.1 Å². The maximum Gasteiger partial charge on any atom is 0.168 e. The third-order valence-electron chi connectivity index (χ3n) is 4.65. The number of aromatic nitrogens is 4. The number of rotatable bonds is 3. The largest absolute Gasteiger partial charge is 0.495 e. The average Bonchev–Trinajstić information content (AvgIpc) is 3.26. The van der Waals surface area contributed by atoms with E-state index < -0.39 is 11.6 Å². The molecule has 3 heterocycles. The minimum atomic E-state index is -0.892. The van der Waals surface area contributed by atoms with Gasteiger partial charge in [-0.3, -0.25) is 0 Å². The van der Waals surface area contributed by atoms with Crippen LogP contribution < -0.4 is 10.5 Å². The first-order valence-electron chi connectivity index (χ1n) is 8.13. The second-order valence-electron chi connectivity index (χ2n) is 6.18. The van der Waals surface area contributed by atoms with Crippen LogP contribution in [0.3, 0.4) is 0 Å². The molecule has 1 aliphatic rings. The molecule has 1 fully saturated rings. The molecule has 3 aromatic rings. The van der Waals surface area contributed by atoms with Crippen LogP contribution in [0, 0.1) is 11.6 Å². The lowest BCUT2D eigenvalue weighted by molar-refractivity contribution is 0.399. The number of methoxy groups -OCH3 is 1. The Kier molecular flexibility index (Phi) is 3.74. The fourth-order valence-corrected chi connectivity index (χ4v) is 3.38. The van der Waals surface area contributed by atoms with Crippen molar-refractivity contribution in [3.63, 3.8) is 0 Å². The summed E-state index contributed by atoms with van der Waals surface area (Å²) in [5.41, 5.74) is 7.05. The highest BCUT2D eigenvalue weighted by atomic mass is 19.1. The van der Waals surface area contributed by atoms with Gasteiger partial charge in [0.25, 0.3) is 0 Å². The Bertz CT molecular complexity index is 950. The molecule has 2 N–H and O–H groups in total. The van der Waals surface area contributed by atoms with Crippen LogP contribution >= 0.6 is 0 Å². The first-order valence-corrected chi connectivity index (χ1v) is 8.13. The van der Waals surface area contributed by atoms with Crippen molar-refractivity contribution in [3.8, 4) is 17.1 Å². The topological polar surface area (TPSA) is 78.3 Å². The second kappa shape index (κ2) is 5.94. The lowest BCUT2D eigenvalue weighted by Gasteiger charge is -2.14. The molecule has 0 aromatic carbocycles. The molecule has 0 amide bonds. The Morgan fingerprint density at radius 2 is 1.96 bits per heavy atom. The summed E-state index contributed by atoms with van der Waals surface area (Å²) in [5.74, 6) is -1.10. The number of imidazole rings is 1. The highest BCUT2D eigenvalue weighted by Crippen LogP contribution is 2.38. The van der Waals surface area contributed by atoms with Crippen molar-refractivity contribution >= 4 is 11.5 Å². The van der Waals surface area contributed by atoms with Crippen LogP contribution in [0.5, 0.6) is 5.75 Å². The first kappa shape index (κ1) is 15.7. The molecule has 3 aromatic heterocycles. The van der Waals surface area contributed by atoms with Crippen LogP contribution in [0.1, 0.15) is 37.3 Å². The maximum atomic E-state index is 14.2. The van der Waals surface area contributed by atoms with Gasteiger partial charge in [0.1, 0.15) is 22.8 Å². The molecule has 0 bridgehead atoms. The van der Waals surface area contributed by atoms with Crippen LogP contribution in [0.25, 0.3) is 17.0 Å². The molecule has 4 rings (SSSR count). The molecule has 130 valence electrons. The van der Waals surface area contributed by atoms with Crippen LogP contribution in [-0.2, 0) is 0 Å². The number of fused-ring (bicyclic) bond motifs is 1. The Morgan fingerprint density at radius 1 is 1.20 bits per heavy atom. The Hall–Kier alpha value is -2.77. The molecule has 0 spiro atoms. The molecule has 6 nitrogen and oxygen atoms in total. The normalized spacial score (nSPS) is 15.2. The second-order valence-corrected chi connectivity index (χ2v) is 6.18. The quantitative estimate of drug-likeness (QED) is 0.788. The van der Waals surface area contributed by atoms with Crippen molar-refractivity contribution in [3.05, 3.63) is 35.7 Å². The third-order valence-corrected chi connectivity index (χ3v) is 4.65. The van der Waals surface area contributed by atoms with Gasteiger partial charge in [-0.2, -0.15) is 5.10 Å². The van der Waals surface area contributed by atoms with Gasteiger partial charge in [-0.1, -0.05) is 12.8 Å². The van der Waals surface area contributed by atoms with Gasteiger partial charge in [-0.25, -0.2) is 23.3 Å². The Labute approximate surface area is 142 Å². The summed E-state index contributed by atoms with van der Waals surface area (Å²) < 4.78 is 34.6. The number of halogens is 2. The molecule has 25 heavy (non-hydrogen) atoms. The van der Waals surface area contributed by atoms with Crippen molar-refractivity contribution < 1.29 is 13.5 Å². The van der Waals surface area contributed by atoms with E-state index >= 15 is 0 Å². The van der Waals surface area contributed by atoms with E-state index in [1.54, 1.807) is 13.2 Å². The summed E-state index contributed by atoms with van der Waals surface area (Å²) in [5, 5.41) is 4.65. The molecule has 0 aliphatic heterocycles. The summed E-state index contributed by atoms with van der Waals surface area (Å²) in [4.78, 5) is 8.07. The van der Waals surface area contributed by atoms with Gasteiger partial charge in [0.05, 0.1) is 13.3 Å². The van der Waals surface area contributed by atoms with Crippen molar-refractivity contribution in [2.75, 3.05) is 12.8 Å². The predicted molar refractivity (Wildman–Crippen MR) is 88.3 cm³/mol. The zero-order chi connectivity index (χ0) is 17.6. The number of nitrogens with two attached hydrogens (primary N) is 1. The van der Waals surface area contributed by atoms with E-state index in [1.807, 2.05) is 0 Å². The number of hydrogen-bond acceptors (Lipinski definition) is 5. The molecule has 0 saturated heterocycles. The summed E-state index contributed by atoms with van der Waals surface area (Å²) in [6.07, 6.45) is 5.82. The van der Waals surface area contributed by atoms with E-state index in [4.69, 9.17) is 10.5 Å². The molecule has 0 unspecified atom stereocenters. The van der Waals surface area contributed by atoms with Crippen molar-refractivity contribution in [2.24, 2.45) is 0 Å². The van der Waals surface area contributed by atoms with Crippen LogP contribution in [0.4, 0.5) is 14.6 Å². The highest BCUT2D eigenvalue weighted by Gasteiger charge is 2.25. The van der Waals surface area contributed by atoms with Gasteiger partial charge >= 0.3 is 0 Å². The highest BCUT2D eigenvalue weighted by molar-refractivity contribution is 5.62. The van der Waals surface area contributed by atoms with Gasteiger partial charge in [-0.05, 0) is 12.8 Å². The number of ether oxygens (including phenoxy) is 1. The van der Waals surface area contributed by atoms with E-state index in [0.717, 1.165) is 37.4 Å². The average molecular weight is 345 g/mol. The molecule has 1 aliphatic carbocycles. The smallest absolute Gasteiger partial charge is 0.168 e. The van der Waals surface area contributed by atoms with E-state index in [-0.39, 0.29) is 11.5 Å². The van der Waals surface area contributed by atoms with Crippen LogP contribution in [0.15, 0.2) is 18.3 Å². The molecular formula is C17H17F2N5O. The number of pyridine rings is 1. The monoisotopic (exact) mass is 345 g/mol. The van der Waals surface area contributed by atoms with Crippen LogP contribution in [0.2, 0.25) is 0 Å². The Balaban J connectivity index is 1.91.